The molecule has 0 spiro atoms. The van der Waals surface area contributed by atoms with E-state index < -0.39 is 11.9 Å². The van der Waals surface area contributed by atoms with Gasteiger partial charge < -0.3 is 5.73 Å². The summed E-state index contributed by atoms with van der Waals surface area (Å²) in [5.41, 5.74) is 5.27. The second-order valence-corrected chi connectivity index (χ2v) is 3.78. The molecular weight excluding hydrogens is 255 g/mol. The van der Waals surface area contributed by atoms with E-state index in [0.29, 0.717) is 16.4 Å². The molecule has 0 aliphatic carbocycles. The maximum absolute atomic E-state index is 12.4. The van der Waals surface area contributed by atoms with E-state index in [0.717, 1.165) is 10.7 Å². The lowest BCUT2D eigenvalue weighted by Crippen LogP contribution is -2.08. The van der Waals surface area contributed by atoms with Gasteiger partial charge in [-0.2, -0.15) is 18.3 Å². The van der Waals surface area contributed by atoms with Crippen molar-refractivity contribution < 1.29 is 13.2 Å². The average molecular weight is 262 g/mol. The van der Waals surface area contributed by atoms with Crippen LogP contribution in [0.4, 0.5) is 18.9 Å². The number of hydrogen-bond donors (Lipinski definition) is 1. The highest BCUT2D eigenvalue weighted by Crippen LogP contribution is 2.29. The number of nitrogens with two attached hydrogens (primary N) is 1. The van der Waals surface area contributed by atoms with Gasteiger partial charge in [0.2, 0.25) is 0 Å². The van der Waals surface area contributed by atoms with E-state index in [1.165, 1.54) is 18.3 Å². The lowest BCUT2D eigenvalue weighted by Gasteiger charge is -2.06. The summed E-state index contributed by atoms with van der Waals surface area (Å²) in [4.78, 5) is 0. The van der Waals surface area contributed by atoms with Gasteiger partial charge in [-0.25, -0.2) is 4.68 Å². The normalized spacial score (nSPS) is 11.8. The summed E-state index contributed by atoms with van der Waals surface area (Å²) in [7, 11) is 0. The predicted molar refractivity (Wildman–Crippen MR) is 58.0 cm³/mol. The van der Waals surface area contributed by atoms with E-state index in [4.69, 9.17) is 17.3 Å². The molecule has 0 saturated heterocycles. The van der Waals surface area contributed by atoms with Crippen LogP contribution >= 0.6 is 11.6 Å². The summed E-state index contributed by atoms with van der Waals surface area (Å²) >= 11 is 5.74. The van der Waals surface area contributed by atoms with Crippen LogP contribution in [0.15, 0.2) is 30.5 Å². The van der Waals surface area contributed by atoms with Gasteiger partial charge in [0.1, 0.15) is 0 Å². The lowest BCUT2D eigenvalue weighted by atomic mass is 10.3. The number of benzene rings is 1. The van der Waals surface area contributed by atoms with Crippen molar-refractivity contribution in [2.45, 2.75) is 6.18 Å². The zero-order valence-corrected chi connectivity index (χ0v) is 9.13. The zero-order valence-electron chi connectivity index (χ0n) is 8.37. The molecule has 0 saturated carbocycles. The second kappa shape index (κ2) is 3.96. The Bertz CT molecular complexity index is 548. The second-order valence-electron chi connectivity index (χ2n) is 3.35. The number of halogens is 4. The first-order valence-corrected chi connectivity index (χ1v) is 4.94. The number of hydrogen-bond acceptors (Lipinski definition) is 2. The van der Waals surface area contributed by atoms with E-state index in [1.807, 2.05) is 0 Å². The van der Waals surface area contributed by atoms with E-state index in [1.54, 1.807) is 6.07 Å². The Morgan fingerprint density at radius 3 is 2.53 bits per heavy atom. The van der Waals surface area contributed by atoms with Gasteiger partial charge in [-0.3, -0.25) is 0 Å². The van der Waals surface area contributed by atoms with Crippen molar-refractivity contribution in [3.05, 3.63) is 41.2 Å². The van der Waals surface area contributed by atoms with Crippen molar-refractivity contribution in [1.29, 1.82) is 0 Å². The number of anilines is 1. The highest BCUT2D eigenvalue weighted by molar-refractivity contribution is 6.30. The van der Waals surface area contributed by atoms with Gasteiger partial charge in [0.25, 0.3) is 0 Å². The van der Waals surface area contributed by atoms with Gasteiger partial charge >= 0.3 is 6.18 Å². The Kier molecular flexibility index (Phi) is 2.74. The maximum Gasteiger partial charge on any atom is 0.435 e. The minimum atomic E-state index is -4.47. The Morgan fingerprint density at radius 1 is 1.24 bits per heavy atom. The number of nitrogens with zero attached hydrogens (tertiary/aromatic N) is 2. The van der Waals surface area contributed by atoms with Gasteiger partial charge in [0.05, 0.1) is 11.4 Å². The fourth-order valence-corrected chi connectivity index (χ4v) is 1.49. The molecule has 0 atom stereocenters. The number of alkyl halides is 3. The standard InChI is InChI=1S/C10H7ClF3N3/c11-6-1-2-7(15)8(5-6)17-4-3-9(16-17)10(12,13)14/h1-5H,15H2. The molecule has 17 heavy (non-hydrogen) atoms. The summed E-state index contributed by atoms with van der Waals surface area (Å²) in [6.07, 6.45) is -3.29. The van der Waals surface area contributed by atoms with E-state index in [2.05, 4.69) is 5.10 Å². The van der Waals surface area contributed by atoms with E-state index in [-0.39, 0.29) is 0 Å². The van der Waals surface area contributed by atoms with Crippen molar-refractivity contribution in [2.75, 3.05) is 5.73 Å². The molecular formula is C10H7ClF3N3. The lowest BCUT2D eigenvalue weighted by molar-refractivity contribution is -0.141. The van der Waals surface area contributed by atoms with Crippen molar-refractivity contribution in [3.8, 4) is 5.69 Å². The SMILES string of the molecule is Nc1ccc(Cl)cc1-n1ccc(C(F)(F)F)n1. The van der Waals surface area contributed by atoms with Crippen LogP contribution in [0.1, 0.15) is 5.69 Å². The summed E-state index contributed by atoms with van der Waals surface area (Å²) < 4.78 is 38.1. The highest BCUT2D eigenvalue weighted by atomic mass is 35.5. The third-order valence-corrected chi connectivity index (χ3v) is 2.35. The fraction of sp³-hybridized carbons (Fsp3) is 0.100. The number of rotatable bonds is 1. The minimum absolute atomic E-state index is 0.297. The molecule has 3 nitrogen and oxygen atoms in total. The molecule has 0 bridgehead atoms. The molecule has 0 amide bonds. The summed E-state index contributed by atoms with van der Waals surface area (Å²) in [6, 6.07) is 5.38. The van der Waals surface area contributed by atoms with Crippen LogP contribution < -0.4 is 5.73 Å². The van der Waals surface area contributed by atoms with Crippen LogP contribution in [0, 0.1) is 0 Å². The molecule has 0 radical (unpaired) electrons. The van der Waals surface area contributed by atoms with Crippen molar-refractivity contribution in [1.82, 2.24) is 9.78 Å². The molecule has 1 heterocycles. The Hall–Kier alpha value is -1.69. The molecule has 7 heteroatoms. The van der Waals surface area contributed by atoms with Crippen LogP contribution in [-0.4, -0.2) is 9.78 Å². The molecule has 2 N–H and O–H groups in total. The van der Waals surface area contributed by atoms with Crippen LogP contribution in [-0.2, 0) is 6.18 Å². The summed E-state index contributed by atoms with van der Waals surface area (Å²) in [5, 5.41) is 3.78. The first-order chi connectivity index (χ1) is 7.88. The first-order valence-electron chi connectivity index (χ1n) is 4.56. The number of nitrogen functional groups attached to an aromatic ring is 1. The van der Waals surface area contributed by atoms with Gasteiger partial charge in [0, 0.05) is 11.2 Å². The Balaban J connectivity index is 2.47. The Labute approximate surface area is 99.6 Å². The van der Waals surface area contributed by atoms with E-state index in [9.17, 15) is 13.2 Å². The van der Waals surface area contributed by atoms with Gasteiger partial charge in [-0.15, -0.1) is 0 Å². The third kappa shape index (κ3) is 2.36. The van der Waals surface area contributed by atoms with E-state index >= 15 is 0 Å². The summed E-state index contributed by atoms with van der Waals surface area (Å²) in [5.74, 6) is 0. The van der Waals surface area contributed by atoms with Crippen molar-refractivity contribution >= 4 is 17.3 Å². The van der Waals surface area contributed by atoms with Crippen LogP contribution in [0.5, 0.6) is 0 Å². The first kappa shape index (κ1) is 11.8. The van der Waals surface area contributed by atoms with Crippen LogP contribution in [0.2, 0.25) is 5.02 Å². The average Bonchev–Trinajstić information content (AvgIpc) is 2.70. The molecule has 1 aromatic carbocycles. The molecule has 0 fully saturated rings. The monoisotopic (exact) mass is 261 g/mol. The molecule has 2 aromatic rings. The smallest absolute Gasteiger partial charge is 0.397 e. The van der Waals surface area contributed by atoms with Gasteiger partial charge in [-0.05, 0) is 24.3 Å². The highest BCUT2D eigenvalue weighted by Gasteiger charge is 2.33. The molecule has 90 valence electrons. The van der Waals surface area contributed by atoms with Gasteiger partial charge in [0.15, 0.2) is 5.69 Å². The predicted octanol–water partition coefficient (Wildman–Crippen LogP) is 3.13. The summed E-state index contributed by atoms with van der Waals surface area (Å²) in [6.45, 7) is 0. The Morgan fingerprint density at radius 2 is 1.94 bits per heavy atom. The molecule has 0 aliphatic heterocycles. The fourth-order valence-electron chi connectivity index (χ4n) is 1.32. The van der Waals surface area contributed by atoms with Crippen molar-refractivity contribution in [2.24, 2.45) is 0 Å². The van der Waals surface area contributed by atoms with Crippen LogP contribution in [0.25, 0.3) is 5.69 Å². The van der Waals surface area contributed by atoms with Crippen LogP contribution in [0.3, 0.4) is 0 Å². The van der Waals surface area contributed by atoms with Gasteiger partial charge in [-0.1, -0.05) is 11.6 Å². The topological polar surface area (TPSA) is 43.8 Å². The quantitative estimate of drug-likeness (QED) is 0.802. The molecule has 2 rings (SSSR count). The maximum atomic E-state index is 12.4. The molecule has 1 aromatic heterocycles. The molecule has 0 unspecified atom stereocenters. The van der Waals surface area contributed by atoms with Crippen molar-refractivity contribution in [3.63, 3.8) is 0 Å². The molecule has 0 aliphatic rings. The number of aromatic nitrogens is 2. The third-order valence-electron chi connectivity index (χ3n) is 2.12. The zero-order chi connectivity index (χ0) is 12.6. The largest absolute Gasteiger partial charge is 0.435 e. The minimum Gasteiger partial charge on any atom is -0.397 e.